The molecule has 0 aliphatic carbocycles. The summed E-state index contributed by atoms with van der Waals surface area (Å²) in [5, 5.41) is 0.629. The van der Waals surface area contributed by atoms with Gasteiger partial charge in [0.15, 0.2) is 0 Å². The molecule has 0 aliphatic rings. The molecule has 0 fully saturated rings. The summed E-state index contributed by atoms with van der Waals surface area (Å²) in [6.07, 6.45) is -0.430. The number of nitrogens with two attached hydrogens (primary N) is 1. The van der Waals surface area contributed by atoms with E-state index in [0.29, 0.717) is 10.9 Å². The Kier molecular flexibility index (Phi) is 7.75. The number of benzene rings is 1. The first-order valence-electron chi connectivity index (χ1n) is 6.97. The van der Waals surface area contributed by atoms with Crippen LogP contribution in [0.15, 0.2) is 24.3 Å². The molecule has 24 heavy (non-hydrogen) atoms. The molecule has 0 radical (unpaired) electrons. The van der Waals surface area contributed by atoms with E-state index < -0.39 is 31.4 Å². The van der Waals surface area contributed by atoms with Crippen molar-refractivity contribution in [3.8, 4) is 0 Å². The molecule has 0 aliphatic heterocycles. The van der Waals surface area contributed by atoms with Gasteiger partial charge in [-0.1, -0.05) is 12.1 Å². The average Bonchev–Trinajstić information content (AvgIpc) is 2.56. The molecule has 0 aromatic heterocycles. The summed E-state index contributed by atoms with van der Waals surface area (Å²) in [7, 11) is -5.50. The Balaban J connectivity index is 3.17. The van der Waals surface area contributed by atoms with Crippen LogP contribution in [-0.2, 0) is 26.4 Å². The van der Waals surface area contributed by atoms with Crippen molar-refractivity contribution in [3.63, 3.8) is 0 Å². The van der Waals surface area contributed by atoms with Gasteiger partial charge in [0.05, 0.1) is 6.16 Å². The second-order valence-corrected chi connectivity index (χ2v) is 12.7. The summed E-state index contributed by atoms with van der Waals surface area (Å²) in [6, 6.07) is 6.69. The third-order valence-electron chi connectivity index (χ3n) is 3.42. The quantitative estimate of drug-likeness (QED) is 0.286. The van der Waals surface area contributed by atoms with Crippen molar-refractivity contribution in [3.05, 3.63) is 24.3 Å². The Bertz CT molecular complexity index is 559. The zero-order valence-electron chi connectivity index (χ0n) is 14.1. The van der Waals surface area contributed by atoms with Crippen LogP contribution in [0, 0.1) is 0 Å². The molecule has 138 valence electrons. The van der Waals surface area contributed by atoms with E-state index in [2.05, 4.69) is 0 Å². The molecular formula is C12H24NO8PSi2. The fourth-order valence-corrected chi connectivity index (χ4v) is 9.96. The Morgan fingerprint density at radius 1 is 1.00 bits per heavy atom. The van der Waals surface area contributed by atoms with E-state index in [9.17, 15) is 4.57 Å². The molecule has 0 amide bonds. The lowest BCUT2D eigenvalue weighted by Crippen LogP contribution is -2.63. The van der Waals surface area contributed by atoms with Gasteiger partial charge in [-0.15, -0.1) is 0 Å². The van der Waals surface area contributed by atoms with Crippen molar-refractivity contribution < 1.29 is 36.2 Å². The normalized spacial score (nSPS) is 13.2. The third-order valence-corrected chi connectivity index (χ3v) is 11.2. The summed E-state index contributed by atoms with van der Waals surface area (Å²) in [6.45, 7) is 0. The molecule has 0 spiro atoms. The predicted molar refractivity (Wildman–Crippen MR) is 92.8 cm³/mol. The minimum Gasteiger partial charge on any atom is -0.399 e. The first-order valence-corrected chi connectivity index (χ1v) is 12.4. The number of anilines is 1. The van der Waals surface area contributed by atoms with Crippen LogP contribution in [0.25, 0.3) is 0 Å². The molecule has 4 N–H and O–H groups in total. The largest absolute Gasteiger partial charge is 0.529 e. The zero-order valence-corrected chi connectivity index (χ0v) is 17.0. The van der Waals surface area contributed by atoms with Gasteiger partial charge >= 0.3 is 25.2 Å². The van der Waals surface area contributed by atoms with Crippen molar-refractivity contribution in [2.24, 2.45) is 0 Å². The monoisotopic (exact) mass is 397 g/mol. The molecule has 0 saturated heterocycles. The smallest absolute Gasteiger partial charge is 0.399 e. The van der Waals surface area contributed by atoms with Gasteiger partial charge in [0, 0.05) is 45.4 Å². The standard InChI is InChI=1S/C12H24NO8PSi2/c1-17-23(18-2,10-9-22(14,15)16)21-24(19-3,20-4)12-7-5-11(13)6-8-12/h5-8H,9-10,13H2,1-4H3,(H2,14,15,16). The Labute approximate surface area is 143 Å². The minimum atomic E-state index is -4.24. The summed E-state index contributed by atoms with van der Waals surface area (Å²) in [5.41, 5.74) is 6.26. The van der Waals surface area contributed by atoms with Gasteiger partial charge in [-0.2, -0.15) is 0 Å². The van der Waals surface area contributed by atoms with Gasteiger partial charge in [0.2, 0.25) is 0 Å². The highest BCUT2D eigenvalue weighted by molar-refractivity contribution is 7.51. The number of hydrogen-bond donors (Lipinski definition) is 3. The predicted octanol–water partition coefficient (Wildman–Crippen LogP) is 0.134. The second-order valence-electron chi connectivity index (χ2n) is 4.92. The number of hydrogen-bond acceptors (Lipinski definition) is 7. The van der Waals surface area contributed by atoms with E-state index in [1.807, 2.05) is 0 Å². The highest BCUT2D eigenvalue weighted by Gasteiger charge is 2.54. The highest BCUT2D eigenvalue weighted by atomic mass is 31.2. The molecule has 1 aromatic rings. The SMILES string of the molecule is CO[Si](CCP(=O)(O)O)(OC)O[Si](OC)(OC)c1ccc(N)cc1. The van der Waals surface area contributed by atoms with Gasteiger partial charge in [0.1, 0.15) is 0 Å². The lowest BCUT2D eigenvalue weighted by atomic mass is 10.3. The van der Waals surface area contributed by atoms with Crippen molar-refractivity contribution in [1.29, 1.82) is 0 Å². The van der Waals surface area contributed by atoms with Gasteiger partial charge in [-0.05, 0) is 12.1 Å². The summed E-state index contributed by atoms with van der Waals surface area (Å²) in [5.74, 6) is 0. The maximum absolute atomic E-state index is 11.2. The van der Waals surface area contributed by atoms with E-state index in [1.54, 1.807) is 24.3 Å². The maximum atomic E-state index is 11.2. The number of rotatable bonds is 10. The highest BCUT2D eigenvalue weighted by Crippen LogP contribution is 2.38. The maximum Gasteiger partial charge on any atom is 0.529 e. The molecule has 1 rings (SSSR count). The molecule has 0 bridgehead atoms. The van der Waals surface area contributed by atoms with Crippen molar-refractivity contribution in [2.75, 3.05) is 40.3 Å². The lowest BCUT2D eigenvalue weighted by Gasteiger charge is -2.35. The second kappa shape index (κ2) is 8.67. The van der Waals surface area contributed by atoms with Crippen LogP contribution < -0.4 is 10.9 Å². The Hall–Kier alpha value is -0.596. The third kappa shape index (κ3) is 5.46. The molecule has 0 unspecified atom stereocenters. The first kappa shape index (κ1) is 21.4. The summed E-state index contributed by atoms with van der Waals surface area (Å²) in [4.78, 5) is 18.3. The summed E-state index contributed by atoms with van der Waals surface area (Å²) >= 11 is 0. The fourth-order valence-electron chi connectivity index (χ4n) is 2.06. The molecule has 0 atom stereocenters. The Morgan fingerprint density at radius 2 is 1.50 bits per heavy atom. The molecule has 12 heteroatoms. The minimum absolute atomic E-state index is 0.0826. The Morgan fingerprint density at radius 3 is 1.88 bits per heavy atom. The average molecular weight is 397 g/mol. The van der Waals surface area contributed by atoms with E-state index in [4.69, 9.17) is 37.3 Å². The topological polar surface area (TPSA) is 130 Å². The van der Waals surface area contributed by atoms with E-state index >= 15 is 0 Å². The van der Waals surface area contributed by atoms with E-state index in [1.165, 1.54) is 28.4 Å². The molecule has 0 heterocycles. The van der Waals surface area contributed by atoms with Gasteiger partial charge in [0.25, 0.3) is 0 Å². The number of nitrogen functional groups attached to an aromatic ring is 1. The van der Waals surface area contributed by atoms with Crippen molar-refractivity contribution in [1.82, 2.24) is 0 Å². The van der Waals surface area contributed by atoms with E-state index in [0.717, 1.165) is 0 Å². The van der Waals surface area contributed by atoms with Gasteiger partial charge in [-0.25, -0.2) is 0 Å². The van der Waals surface area contributed by atoms with Gasteiger partial charge < -0.3 is 37.3 Å². The van der Waals surface area contributed by atoms with Crippen LogP contribution in [0.1, 0.15) is 0 Å². The molecule has 9 nitrogen and oxygen atoms in total. The van der Waals surface area contributed by atoms with E-state index in [-0.39, 0.29) is 6.04 Å². The van der Waals surface area contributed by atoms with Crippen molar-refractivity contribution in [2.45, 2.75) is 6.04 Å². The van der Waals surface area contributed by atoms with Crippen LogP contribution in [0.5, 0.6) is 0 Å². The van der Waals surface area contributed by atoms with Crippen LogP contribution in [0.3, 0.4) is 0 Å². The first-order chi connectivity index (χ1) is 11.2. The van der Waals surface area contributed by atoms with Gasteiger partial charge in [-0.3, -0.25) is 4.57 Å². The molecule has 1 aromatic carbocycles. The van der Waals surface area contributed by atoms with Crippen molar-refractivity contribution >= 4 is 36.1 Å². The van der Waals surface area contributed by atoms with Crippen LogP contribution in [0.2, 0.25) is 6.04 Å². The zero-order chi connectivity index (χ0) is 18.4. The summed E-state index contributed by atoms with van der Waals surface area (Å²) < 4.78 is 39.1. The fraction of sp³-hybridized carbons (Fsp3) is 0.500. The van der Waals surface area contributed by atoms with Crippen LogP contribution in [0.4, 0.5) is 5.69 Å². The lowest BCUT2D eigenvalue weighted by molar-refractivity contribution is 0.0971. The molecular weight excluding hydrogens is 373 g/mol. The van der Waals surface area contributed by atoms with Crippen LogP contribution >= 0.6 is 7.60 Å². The molecule has 0 saturated carbocycles. The van der Waals surface area contributed by atoms with Crippen LogP contribution in [-0.4, -0.2) is 62.0 Å².